The first-order chi connectivity index (χ1) is 6.39. The van der Waals surface area contributed by atoms with Gasteiger partial charge in [0.15, 0.2) is 5.82 Å². The van der Waals surface area contributed by atoms with Crippen LogP contribution in [0.25, 0.3) is 0 Å². The highest BCUT2D eigenvalue weighted by atomic mass is 35.6. The second-order valence-corrected chi connectivity index (χ2v) is 5.62. The average molecular weight is 274 g/mol. The van der Waals surface area contributed by atoms with Crippen molar-refractivity contribution in [3.05, 3.63) is 5.82 Å². The van der Waals surface area contributed by atoms with E-state index < -0.39 is 3.79 Å². The largest absolute Gasteiger partial charge is 0.369 e. The smallest absolute Gasteiger partial charge is 0.251 e. The van der Waals surface area contributed by atoms with Gasteiger partial charge in [0, 0.05) is 25.6 Å². The van der Waals surface area contributed by atoms with E-state index in [0.717, 1.165) is 11.5 Å². The van der Waals surface area contributed by atoms with Crippen molar-refractivity contribution in [1.29, 1.82) is 0 Å². The lowest BCUT2D eigenvalue weighted by Crippen LogP contribution is -2.07. The van der Waals surface area contributed by atoms with Crippen LogP contribution in [0.1, 0.15) is 5.82 Å². The van der Waals surface area contributed by atoms with Gasteiger partial charge in [-0.3, -0.25) is 0 Å². The maximum absolute atomic E-state index is 5.58. The number of alkyl halides is 3. The van der Waals surface area contributed by atoms with Crippen LogP contribution in [0, 0.1) is 0 Å². The van der Waals surface area contributed by atoms with Gasteiger partial charge in [0.25, 0.3) is 3.79 Å². The first-order valence-corrected chi connectivity index (χ1v) is 5.42. The second-order valence-electron chi connectivity index (χ2n) is 2.61. The van der Waals surface area contributed by atoms with E-state index in [1.165, 1.54) is 0 Å². The topological polar surface area (TPSA) is 41.4 Å². The third-order valence-electron chi connectivity index (χ3n) is 1.07. The highest BCUT2D eigenvalue weighted by Crippen LogP contribution is 2.37. The van der Waals surface area contributed by atoms with E-state index in [0.29, 0.717) is 5.13 Å². The van der Waals surface area contributed by atoms with Gasteiger partial charge in [-0.15, -0.1) is 0 Å². The molecule has 1 heterocycles. The number of aliphatic imine (C=N–C) groups is 1. The first kappa shape index (κ1) is 12.0. The molecule has 0 unspecified atom stereocenters. The molecule has 0 aliphatic heterocycles. The average Bonchev–Trinajstić information content (AvgIpc) is 2.47. The summed E-state index contributed by atoms with van der Waals surface area (Å²) in [6, 6.07) is 0. The zero-order valence-electron chi connectivity index (χ0n) is 7.41. The molecule has 0 aliphatic carbocycles. The van der Waals surface area contributed by atoms with Crippen LogP contribution >= 0.6 is 46.3 Å². The third kappa shape index (κ3) is 3.57. The van der Waals surface area contributed by atoms with E-state index in [2.05, 4.69) is 14.3 Å². The molecular weight excluding hydrogens is 267 g/mol. The predicted molar refractivity (Wildman–Crippen MR) is 61.0 cm³/mol. The lowest BCUT2D eigenvalue weighted by Gasteiger charge is -2.02. The van der Waals surface area contributed by atoms with E-state index in [1.807, 2.05) is 14.1 Å². The van der Waals surface area contributed by atoms with Crippen molar-refractivity contribution in [3.8, 4) is 0 Å². The van der Waals surface area contributed by atoms with Crippen LogP contribution in [-0.4, -0.2) is 34.7 Å². The maximum Gasteiger partial charge on any atom is 0.251 e. The van der Waals surface area contributed by atoms with Crippen molar-refractivity contribution in [2.45, 2.75) is 3.79 Å². The van der Waals surface area contributed by atoms with E-state index in [4.69, 9.17) is 34.8 Å². The molecule has 0 saturated carbocycles. The summed E-state index contributed by atoms with van der Waals surface area (Å²) < 4.78 is 2.29. The summed E-state index contributed by atoms with van der Waals surface area (Å²) in [5, 5.41) is 0.458. The van der Waals surface area contributed by atoms with Crippen molar-refractivity contribution in [1.82, 2.24) is 14.3 Å². The maximum atomic E-state index is 5.58. The minimum atomic E-state index is -1.58. The molecule has 1 aromatic heterocycles. The van der Waals surface area contributed by atoms with Crippen LogP contribution < -0.4 is 0 Å². The van der Waals surface area contributed by atoms with Gasteiger partial charge < -0.3 is 4.90 Å². The standard InChI is InChI=1S/C6H7Cl3N4S/c1-13(2)3-10-5-11-4(12-14-5)6(7,8)9/h3H,1-2H3/b10-3-. The molecule has 0 fully saturated rings. The van der Waals surface area contributed by atoms with Crippen LogP contribution in [0.2, 0.25) is 0 Å². The van der Waals surface area contributed by atoms with Gasteiger partial charge in [-0.25, -0.2) is 4.99 Å². The number of nitrogens with zero attached hydrogens (tertiary/aromatic N) is 4. The second kappa shape index (κ2) is 4.61. The summed E-state index contributed by atoms with van der Waals surface area (Å²) in [4.78, 5) is 9.72. The molecule has 0 atom stereocenters. The molecule has 0 amide bonds. The summed E-state index contributed by atoms with van der Waals surface area (Å²) in [6.45, 7) is 0. The first-order valence-electron chi connectivity index (χ1n) is 3.51. The molecule has 78 valence electrons. The van der Waals surface area contributed by atoms with Gasteiger partial charge in [-0.2, -0.15) is 9.36 Å². The molecule has 1 aromatic rings. The summed E-state index contributed by atoms with van der Waals surface area (Å²) in [5.41, 5.74) is 0. The lowest BCUT2D eigenvalue weighted by atomic mass is 10.7. The SMILES string of the molecule is CN(C)/C=N\c1nc(C(Cl)(Cl)Cl)ns1. The monoisotopic (exact) mass is 272 g/mol. The van der Waals surface area contributed by atoms with Crippen LogP contribution in [0.3, 0.4) is 0 Å². The Morgan fingerprint density at radius 2 is 2.07 bits per heavy atom. The molecule has 8 heteroatoms. The summed E-state index contributed by atoms with van der Waals surface area (Å²) in [7, 11) is 3.70. The Kier molecular flexibility index (Phi) is 3.94. The summed E-state index contributed by atoms with van der Waals surface area (Å²) in [6.07, 6.45) is 1.60. The fourth-order valence-electron chi connectivity index (χ4n) is 0.548. The Bertz CT molecular complexity index is 330. The zero-order chi connectivity index (χ0) is 10.8. The van der Waals surface area contributed by atoms with Gasteiger partial charge in [-0.1, -0.05) is 34.8 Å². The van der Waals surface area contributed by atoms with Crippen LogP contribution in [0.4, 0.5) is 5.13 Å². The summed E-state index contributed by atoms with van der Waals surface area (Å²) >= 11 is 17.8. The third-order valence-corrected chi connectivity index (χ3v) is 2.20. The minimum absolute atomic E-state index is 0.151. The van der Waals surface area contributed by atoms with Gasteiger partial charge >= 0.3 is 0 Å². The Morgan fingerprint density at radius 1 is 1.43 bits per heavy atom. The number of rotatable bonds is 2. The van der Waals surface area contributed by atoms with Crippen LogP contribution in [-0.2, 0) is 3.79 Å². The molecule has 1 rings (SSSR count). The molecule has 14 heavy (non-hydrogen) atoms. The molecule has 0 radical (unpaired) electrons. The predicted octanol–water partition coefficient (Wildman–Crippen LogP) is 2.59. The van der Waals surface area contributed by atoms with Gasteiger partial charge in [-0.05, 0) is 0 Å². The van der Waals surface area contributed by atoms with Crippen molar-refractivity contribution in [2.75, 3.05) is 14.1 Å². The van der Waals surface area contributed by atoms with Crippen molar-refractivity contribution >= 4 is 57.8 Å². The van der Waals surface area contributed by atoms with Gasteiger partial charge in [0.2, 0.25) is 5.13 Å². The molecule has 0 aromatic carbocycles. The highest BCUT2D eigenvalue weighted by Gasteiger charge is 2.28. The van der Waals surface area contributed by atoms with Crippen LogP contribution in [0.15, 0.2) is 4.99 Å². The molecule has 0 N–H and O–H groups in total. The Morgan fingerprint density at radius 3 is 2.50 bits per heavy atom. The Hall–Kier alpha value is -0.100. The molecule has 0 spiro atoms. The molecule has 4 nitrogen and oxygen atoms in total. The van der Waals surface area contributed by atoms with Gasteiger partial charge in [0.1, 0.15) is 0 Å². The highest BCUT2D eigenvalue weighted by molar-refractivity contribution is 7.09. The summed E-state index contributed by atoms with van der Waals surface area (Å²) in [5.74, 6) is 0.151. The number of hydrogen-bond donors (Lipinski definition) is 0. The zero-order valence-corrected chi connectivity index (χ0v) is 10.5. The van der Waals surface area contributed by atoms with E-state index in [9.17, 15) is 0 Å². The Balaban J connectivity index is 2.79. The number of aromatic nitrogens is 2. The van der Waals surface area contributed by atoms with Crippen LogP contribution in [0.5, 0.6) is 0 Å². The van der Waals surface area contributed by atoms with Crippen molar-refractivity contribution in [3.63, 3.8) is 0 Å². The molecule has 0 bridgehead atoms. The fraction of sp³-hybridized carbons (Fsp3) is 0.500. The fourth-order valence-corrected chi connectivity index (χ4v) is 1.52. The van der Waals surface area contributed by atoms with Gasteiger partial charge in [0.05, 0.1) is 6.34 Å². The molecular formula is C6H7Cl3N4S. The van der Waals surface area contributed by atoms with E-state index in [-0.39, 0.29) is 5.82 Å². The minimum Gasteiger partial charge on any atom is -0.369 e. The van der Waals surface area contributed by atoms with E-state index >= 15 is 0 Å². The normalized spacial score (nSPS) is 12.4. The quantitative estimate of drug-likeness (QED) is 0.472. The van der Waals surface area contributed by atoms with Crippen molar-refractivity contribution in [2.24, 2.45) is 4.99 Å². The number of halogens is 3. The molecule has 0 saturated heterocycles. The van der Waals surface area contributed by atoms with Crippen molar-refractivity contribution < 1.29 is 0 Å². The van der Waals surface area contributed by atoms with E-state index in [1.54, 1.807) is 11.2 Å². The molecule has 0 aliphatic rings. The number of hydrogen-bond acceptors (Lipinski definition) is 4. The lowest BCUT2D eigenvalue weighted by molar-refractivity contribution is 0.643. The Labute approximate surface area is 101 Å².